The molecule has 0 aromatic heterocycles. The molecule has 1 atom stereocenters. The summed E-state index contributed by atoms with van der Waals surface area (Å²) in [4.78, 5) is 49.8. The van der Waals surface area contributed by atoms with Crippen LogP contribution in [0.3, 0.4) is 0 Å². The maximum Gasteiger partial charge on any atom is 0.257 e. The molecule has 0 radical (unpaired) electrons. The van der Waals surface area contributed by atoms with Crippen LogP contribution >= 0.6 is 0 Å². The van der Waals surface area contributed by atoms with Gasteiger partial charge in [0.05, 0.1) is 17.3 Å². The van der Waals surface area contributed by atoms with Crippen LogP contribution in [0, 0.1) is 0 Å². The van der Waals surface area contributed by atoms with Gasteiger partial charge >= 0.3 is 0 Å². The van der Waals surface area contributed by atoms with Crippen molar-refractivity contribution in [2.24, 2.45) is 0 Å². The molecule has 0 aliphatic rings. The van der Waals surface area contributed by atoms with Crippen LogP contribution in [0.2, 0.25) is 0 Å². The van der Waals surface area contributed by atoms with E-state index in [1.807, 2.05) is 37.3 Å². The van der Waals surface area contributed by atoms with Crippen molar-refractivity contribution in [1.82, 2.24) is 15.5 Å². The Bertz CT molecular complexity index is 1090. The molecule has 0 bridgehead atoms. The van der Waals surface area contributed by atoms with Gasteiger partial charge in [-0.2, -0.15) is 0 Å². The lowest BCUT2D eigenvalue weighted by Gasteiger charge is -2.27. The van der Waals surface area contributed by atoms with Crippen LogP contribution in [-0.4, -0.2) is 53.5 Å². The second kappa shape index (κ2) is 11.1. The number of aromatic hydroxyl groups is 1. The summed E-state index contributed by atoms with van der Waals surface area (Å²) in [7, 11) is 3.08. The van der Waals surface area contributed by atoms with Gasteiger partial charge in [0.2, 0.25) is 11.7 Å². The van der Waals surface area contributed by atoms with E-state index in [1.165, 1.54) is 29.3 Å². The van der Waals surface area contributed by atoms with Gasteiger partial charge in [-0.15, -0.1) is 0 Å². The molecular formula is C25H30N4O5. The van der Waals surface area contributed by atoms with Gasteiger partial charge in [-0.05, 0) is 38.5 Å². The molecule has 0 aliphatic heterocycles. The van der Waals surface area contributed by atoms with Crippen LogP contribution in [0.5, 0.6) is 5.75 Å². The summed E-state index contributed by atoms with van der Waals surface area (Å²) in [6, 6.07) is 13.6. The Morgan fingerprint density at radius 2 is 1.68 bits per heavy atom. The largest absolute Gasteiger partial charge is 0.505 e. The second-order valence-electron chi connectivity index (χ2n) is 8.44. The molecule has 0 saturated carbocycles. The summed E-state index contributed by atoms with van der Waals surface area (Å²) < 4.78 is 0. The van der Waals surface area contributed by atoms with Gasteiger partial charge in [-0.25, -0.2) is 0 Å². The maximum atomic E-state index is 12.8. The van der Waals surface area contributed by atoms with Crippen molar-refractivity contribution in [2.45, 2.75) is 32.4 Å². The molecule has 9 nitrogen and oxygen atoms in total. The van der Waals surface area contributed by atoms with E-state index in [0.29, 0.717) is 0 Å². The van der Waals surface area contributed by atoms with Crippen LogP contribution in [0.1, 0.15) is 42.7 Å². The number of benzene rings is 2. The highest BCUT2D eigenvalue weighted by molar-refractivity contribution is 6.33. The number of nitrogens with zero attached hydrogens (tertiary/aromatic N) is 1. The Hall–Kier alpha value is -4.14. The first-order chi connectivity index (χ1) is 16.0. The van der Waals surface area contributed by atoms with E-state index in [1.54, 1.807) is 27.9 Å². The molecule has 2 rings (SSSR count). The molecule has 0 fully saturated rings. The Morgan fingerprint density at radius 1 is 1.03 bits per heavy atom. The van der Waals surface area contributed by atoms with E-state index >= 15 is 0 Å². The zero-order chi connectivity index (χ0) is 25.5. The number of allylic oxidation sites excluding steroid dienone is 1. The molecule has 2 amide bonds. The minimum absolute atomic E-state index is 0.0236. The topological polar surface area (TPSA) is 128 Å². The van der Waals surface area contributed by atoms with Crippen molar-refractivity contribution in [3.63, 3.8) is 0 Å². The van der Waals surface area contributed by atoms with Crippen molar-refractivity contribution in [1.29, 1.82) is 0 Å². The van der Waals surface area contributed by atoms with Crippen molar-refractivity contribution >= 4 is 29.6 Å². The Kier molecular flexibility index (Phi) is 8.55. The van der Waals surface area contributed by atoms with Crippen molar-refractivity contribution in [3.8, 4) is 5.75 Å². The molecular weight excluding hydrogens is 436 g/mol. The normalized spacial score (nSPS) is 12.3. The Balaban J connectivity index is 2.23. The number of ketones is 1. The third kappa shape index (κ3) is 6.44. The first-order valence-electron chi connectivity index (χ1n) is 10.6. The lowest BCUT2D eigenvalue weighted by atomic mass is 10.0. The monoisotopic (exact) mass is 466 g/mol. The fourth-order valence-electron chi connectivity index (χ4n) is 2.96. The lowest BCUT2D eigenvalue weighted by molar-refractivity contribution is -0.127. The van der Waals surface area contributed by atoms with Crippen LogP contribution in [0.4, 0.5) is 5.69 Å². The number of amides is 2. The molecule has 4 N–H and O–H groups in total. The zero-order valence-electron chi connectivity index (χ0n) is 19.9. The van der Waals surface area contributed by atoms with Gasteiger partial charge in [0.25, 0.3) is 5.91 Å². The number of aldehydes is 1. The fraction of sp³-hybridized carbons (Fsp3) is 0.280. The number of nitrogens with one attached hydrogen (secondary N) is 3. The summed E-state index contributed by atoms with van der Waals surface area (Å²) in [5.41, 5.74) is -0.351. The maximum absolute atomic E-state index is 12.8. The molecule has 2 aromatic carbocycles. The van der Waals surface area contributed by atoms with E-state index in [-0.39, 0.29) is 40.9 Å². The lowest BCUT2D eigenvalue weighted by Crippen LogP contribution is -2.51. The summed E-state index contributed by atoms with van der Waals surface area (Å²) >= 11 is 0. The highest BCUT2D eigenvalue weighted by Gasteiger charge is 2.28. The molecule has 180 valence electrons. The Labute approximate surface area is 198 Å². The zero-order valence-corrected chi connectivity index (χ0v) is 19.9. The first kappa shape index (κ1) is 26.1. The second-order valence-corrected chi connectivity index (χ2v) is 8.44. The van der Waals surface area contributed by atoms with Crippen LogP contribution < -0.4 is 16.0 Å². The number of para-hydroxylation sites is 1. The quantitative estimate of drug-likeness (QED) is 0.183. The predicted octanol–water partition coefficient (Wildman–Crippen LogP) is 2.36. The highest BCUT2D eigenvalue weighted by atomic mass is 16.3. The van der Waals surface area contributed by atoms with E-state index in [0.717, 1.165) is 5.56 Å². The van der Waals surface area contributed by atoms with E-state index in [9.17, 15) is 24.3 Å². The van der Waals surface area contributed by atoms with E-state index < -0.39 is 17.2 Å². The van der Waals surface area contributed by atoms with Crippen LogP contribution in [0.15, 0.2) is 60.4 Å². The summed E-state index contributed by atoms with van der Waals surface area (Å²) in [6.45, 7) is 5.09. The van der Waals surface area contributed by atoms with Crippen molar-refractivity contribution in [3.05, 3.63) is 71.6 Å². The smallest absolute Gasteiger partial charge is 0.257 e. The average Bonchev–Trinajstić information content (AvgIpc) is 2.82. The SMILES string of the molecule is C[C@@H](NC(=O)C(C)(C)N/C=C(\Nc1cccc(C(=O)N(C)C)c1O)C(=O)C=O)c1ccccc1. The van der Waals surface area contributed by atoms with E-state index in [2.05, 4.69) is 16.0 Å². The number of Topliss-reactive ketones (excluding diaryl/α,β-unsaturated/α-hetero) is 1. The van der Waals surface area contributed by atoms with Crippen LogP contribution in [0.25, 0.3) is 0 Å². The number of phenolic OH excluding ortho intramolecular Hbond substituents is 1. The molecule has 0 saturated heterocycles. The number of rotatable bonds is 10. The van der Waals surface area contributed by atoms with Crippen molar-refractivity contribution < 1.29 is 24.3 Å². The molecule has 9 heteroatoms. The minimum Gasteiger partial charge on any atom is -0.505 e. The summed E-state index contributed by atoms with van der Waals surface area (Å²) in [5.74, 6) is -2.05. The number of anilines is 1. The average molecular weight is 467 g/mol. The van der Waals surface area contributed by atoms with Crippen LogP contribution in [-0.2, 0) is 14.4 Å². The number of hydrogen-bond donors (Lipinski definition) is 4. The molecule has 2 aromatic rings. The first-order valence-corrected chi connectivity index (χ1v) is 10.6. The number of hydrogen-bond acceptors (Lipinski definition) is 7. The number of phenols is 1. The summed E-state index contributed by atoms with van der Waals surface area (Å²) in [6.07, 6.45) is 1.31. The van der Waals surface area contributed by atoms with Gasteiger partial charge in [0.15, 0.2) is 12.0 Å². The third-order valence-corrected chi connectivity index (χ3v) is 5.11. The predicted molar refractivity (Wildman–Crippen MR) is 129 cm³/mol. The fourth-order valence-corrected chi connectivity index (χ4v) is 2.96. The van der Waals surface area contributed by atoms with Gasteiger partial charge in [0, 0.05) is 20.3 Å². The van der Waals surface area contributed by atoms with Gasteiger partial charge in [-0.3, -0.25) is 19.2 Å². The molecule has 34 heavy (non-hydrogen) atoms. The molecule has 0 heterocycles. The van der Waals surface area contributed by atoms with Gasteiger partial charge in [-0.1, -0.05) is 36.4 Å². The van der Waals surface area contributed by atoms with Gasteiger partial charge < -0.3 is 26.0 Å². The van der Waals surface area contributed by atoms with Crippen molar-refractivity contribution in [2.75, 3.05) is 19.4 Å². The summed E-state index contributed by atoms with van der Waals surface area (Å²) in [5, 5.41) is 18.9. The Morgan fingerprint density at radius 3 is 2.26 bits per heavy atom. The van der Waals surface area contributed by atoms with E-state index in [4.69, 9.17) is 0 Å². The number of carbonyl (C=O) groups is 4. The molecule has 0 unspecified atom stereocenters. The number of carbonyl (C=O) groups excluding carboxylic acids is 4. The standard InChI is InChI=1S/C25H30N4O5/c1-16(17-10-7-6-8-11-17)27-24(34)25(2,3)26-14-20(21(31)15-30)28-19-13-9-12-18(22(19)32)23(33)29(4)5/h6-16,26,28,32H,1-5H3,(H,27,34)/b20-14-/t16-/m1/s1. The minimum atomic E-state index is -1.15. The van der Waals surface area contributed by atoms with Gasteiger partial charge in [0.1, 0.15) is 11.2 Å². The molecule has 0 aliphatic carbocycles. The third-order valence-electron chi connectivity index (χ3n) is 5.11. The highest BCUT2D eigenvalue weighted by Crippen LogP contribution is 2.29. The molecule has 0 spiro atoms.